The third-order valence-corrected chi connectivity index (χ3v) is 2.31. The molecule has 4 heteroatoms. The van der Waals surface area contributed by atoms with Gasteiger partial charge in [0.05, 0.1) is 0 Å². The fourth-order valence-corrected chi connectivity index (χ4v) is 1.38. The lowest BCUT2D eigenvalue weighted by atomic mass is 10.2. The lowest BCUT2D eigenvalue weighted by molar-refractivity contribution is 0.0970. The summed E-state index contributed by atoms with van der Waals surface area (Å²) in [5, 5.41) is 0. The van der Waals surface area contributed by atoms with Crippen LogP contribution >= 0.6 is 0 Å². The van der Waals surface area contributed by atoms with Crippen molar-refractivity contribution in [1.29, 1.82) is 0 Å². The largest absolute Gasteiger partial charge is 0.486 e. The van der Waals surface area contributed by atoms with Gasteiger partial charge in [0.25, 0.3) is 5.91 Å². The van der Waals surface area contributed by atoms with Gasteiger partial charge in [0, 0.05) is 0 Å². The number of benzene rings is 1. The number of ether oxygens (including phenoxy) is 1. The van der Waals surface area contributed by atoms with Crippen molar-refractivity contribution in [2.45, 2.75) is 13.5 Å². The number of hydrogen-bond acceptors (Lipinski definition) is 3. The second-order valence-corrected chi connectivity index (χ2v) is 3.73. The highest BCUT2D eigenvalue weighted by Gasteiger charge is 2.07. The van der Waals surface area contributed by atoms with Crippen LogP contribution in [0.25, 0.3) is 0 Å². The lowest BCUT2D eigenvalue weighted by Gasteiger charge is -2.03. The third-order valence-electron chi connectivity index (χ3n) is 2.31. The molecule has 0 spiro atoms. The number of amides is 1. The van der Waals surface area contributed by atoms with E-state index >= 15 is 0 Å². The molecule has 2 rings (SSSR count). The Hall–Kier alpha value is -2.23. The molecule has 0 aliphatic heterocycles. The van der Waals surface area contributed by atoms with E-state index in [-0.39, 0.29) is 12.4 Å². The molecule has 1 heterocycles. The van der Waals surface area contributed by atoms with Crippen molar-refractivity contribution in [3.05, 3.63) is 53.5 Å². The Morgan fingerprint density at radius 1 is 1.24 bits per heavy atom. The molecule has 0 saturated carbocycles. The summed E-state index contributed by atoms with van der Waals surface area (Å²) >= 11 is 0. The molecule has 1 aromatic heterocycles. The van der Waals surface area contributed by atoms with Crippen LogP contribution in [0.3, 0.4) is 0 Å². The van der Waals surface area contributed by atoms with Crippen LogP contribution in [-0.2, 0) is 6.61 Å². The zero-order valence-corrected chi connectivity index (χ0v) is 9.47. The molecule has 0 radical (unpaired) electrons. The Balaban J connectivity index is 1.97. The zero-order chi connectivity index (χ0) is 12.3. The van der Waals surface area contributed by atoms with Crippen LogP contribution in [0, 0.1) is 6.92 Å². The van der Waals surface area contributed by atoms with Crippen molar-refractivity contribution in [3.8, 4) is 5.75 Å². The average Bonchev–Trinajstić information content (AvgIpc) is 2.77. The molecule has 0 atom stereocenters. The zero-order valence-electron chi connectivity index (χ0n) is 9.47. The van der Waals surface area contributed by atoms with E-state index in [4.69, 9.17) is 14.9 Å². The molecule has 2 N–H and O–H groups in total. The number of primary amides is 1. The summed E-state index contributed by atoms with van der Waals surface area (Å²) in [6, 6.07) is 10.9. The van der Waals surface area contributed by atoms with Crippen molar-refractivity contribution in [2.75, 3.05) is 0 Å². The smallest absolute Gasteiger partial charge is 0.284 e. The maximum absolute atomic E-state index is 10.8. The Kier molecular flexibility index (Phi) is 3.14. The second-order valence-electron chi connectivity index (χ2n) is 3.73. The highest BCUT2D eigenvalue weighted by Crippen LogP contribution is 2.15. The minimum absolute atomic E-state index is 0.146. The highest BCUT2D eigenvalue weighted by molar-refractivity contribution is 5.89. The molecule has 0 aliphatic rings. The van der Waals surface area contributed by atoms with Gasteiger partial charge in [-0.1, -0.05) is 17.7 Å². The average molecular weight is 231 g/mol. The molecule has 0 bridgehead atoms. The molecular weight excluding hydrogens is 218 g/mol. The van der Waals surface area contributed by atoms with Gasteiger partial charge >= 0.3 is 0 Å². The van der Waals surface area contributed by atoms with Gasteiger partial charge in [-0.15, -0.1) is 0 Å². The summed E-state index contributed by atoms with van der Waals surface area (Å²) < 4.78 is 10.7. The molecule has 4 nitrogen and oxygen atoms in total. The summed E-state index contributed by atoms with van der Waals surface area (Å²) in [7, 11) is 0. The van der Waals surface area contributed by atoms with E-state index in [1.54, 1.807) is 6.07 Å². The van der Waals surface area contributed by atoms with Gasteiger partial charge in [0.2, 0.25) is 0 Å². The SMILES string of the molecule is Cc1ccc(OCc2ccc(C(N)=O)o2)cc1. The van der Waals surface area contributed by atoms with E-state index < -0.39 is 5.91 Å². The van der Waals surface area contributed by atoms with Gasteiger partial charge in [-0.25, -0.2) is 0 Å². The Labute approximate surface area is 99.0 Å². The number of rotatable bonds is 4. The van der Waals surface area contributed by atoms with Crippen molar-refractivity contribution in [2.24, 2.45) is 5.73 Å². The number of furan rings is 1. The van der Waals surface area contributed by atoms with Crippen molar-refractivity contribution >= 4 is 5.91 Å². The Bertz CT molecular complexity index is 514. The predicted octanol–water partition coefficient (Wildman–Crippen LogP) is 2.27. The number of carbonyl (C=O) groups is 1. The summed E-state index contributed by atoms with van der Waals surface area (Å²) in [4.78, 5) is 10.8. The van der Waals surface area contributed by atoms with Crippen LogP contribution in [0.4, 0.5) is 0 Å². The topological polar surface area (TPSA) is 65.5 Å². The van der Waals surface area contributed by atoms with E-state index in [0.717, 1.165) is 5.75 Å². The van der Waals surface area contributed by atoms with E-state index in [2.05, 4.69) is 0 Å². The number of nitrogens with two attached hydrogens (primary N) is 1. The van der Waals surface area contributed by atoms with Crippen LogP contribution in [0.2, 0.25) is 0 Å². The van der Waals surface area contributed by atoms with E-state index in [1.165, 1.54) is 11.6 Å². The fourth-order valence-electron chi connectivity index (χ4n) is 1.38. The number of hydrogen-bond donors (Lipinski definition) is 1. The Morgan fingerprint density at radius 2 is 1.94 bits per heavy atom. The monoisotopic (exact) mass is 231 g/mol. The van der Waals surface area contributed by atoms with Crippen LogP contribution in [0.15, 0.2) is 40.8 Å². The quantitative estimate of drug-likeness (QED) is 0.877. The molecule has 88 valence electrons. The minimum Gasteiger partial charge on any atom is -0.486 e. The van der Waals surface area contributed by atoms with Gasteiger partial charge in [-0.2, -0.15) is 0 Å². The van der Waals surface area contributed by atoms with Crippen molar-refractivity contribution in [1.82, 2.24) is 0 Å². The van der Waals surface area contributed by atoms with Gasteiger partial charge in [0.15, 0.2) is 5.76 Å². The van der Waals surface area contributed by atoms with Gasteiger partial charge in [-0.05, 0) is 31.2 Å². The first kappa shape index (κ1) is 11.3. The van der Waals surface area contributed by atoms with Crippen LogP contribution in [0.1, 0.15) is 21.9 Å². The van der Waals surface area contributed by atoms with Crippen LogP contribution < -0.4 is 10.5 Å². The third kappa shape index (κ3) is 2.87. The van der Waals surface area contributed by atoms with Crippen molar-refractivity contribution < 1.29 is 13.9 Å². The minimum atomic E-state index is -0.577. The Morgan fingerprint density at radius 3 is 2.53 bits per heavy atom. The first-order valence-corrected chi connectivity index (χ1v) is 5.23. The maximum Gasteiger partial charge on any atom is 0.284 e. The summed E-state index contributed by atoms with van der Waals surface area (Å²) in [6.45, 7) is 2.28. The summed E-state index contributed by atoms with van der Waals surface area (Å²) in [5.41, 5.74) is 6.25. The number of aryl methyl sites for hydroxylation is 1. The van der Waals surface area contributed by atoms with Gasteiger partial charge in [-0.3, -0.25) is 4.79 Å². The standard InChI is InChI=1S/C13H13NO3/c1-9-2-4-10(5-3-9)16-8-11-6-7-12(17-11)13(14)15/h2-7H,8H2,1H3,(H2,14,15). The normalized spacial score (nSPS) is 10.2. The highest BCUT2D eigenvalue weighted by atomic mass is 16.5. The van der Waals surface area contributed by atoms with Gasteiger partial charge in [0.1, 0.15) is 18.1 Å². The van der Waals surface area contributed by atoms with E-state index in [1.807, 2.05) is 31.2 Å². The summed E-state index contributed by atoms with van der Waals surface area (Å²) in [5.74, 6) is 0.895. The van der Waals surface area contributed by atoms with Crippen molar-refractivity contribution in [3.63, 3.8) is 0 Å². The summed E-state index contributed by atoms with van der Waals surface area (Å²) in [6.07, 6.45) is 0. The molecule has 1 amide bonds. The molecule has 0 fully saturated rings. The number of carbonyl (C=O) groups excluding carboxylic acids is 1. The molecule has 2 aromatic rings. The second kappa shape index (κ2) is 4.74. The molecular formula is C13H13NO3. The molecule has 1 aromatic carbocycles. The fraction of sp³-hybridized carbons (Fsp3) is 0.154. The molecule has 0 saturated heterocycles. The predicted molar refractivity (Wildman–Crippen MR) is 62.7 cm³/mol. The molecule has 17 heavy (non-hydrogen) atoms. The molecule has 0 unspecified atom stereocenters. The first-order chi connectivity index (χ1) is 8.15. The van der Waals surface area contributed by atoms with Gasteiger partial charge < -0.3 is 14.9 Å². The van der Waals surface area contributed by atoms with Crippen LogP contribution in [-0.4, -0.2) is 5.91 Å². The molecule has 0 aliphatic carbocycles. The lowest BCUT2D eigenvalue weighted by Crippen LogP contribution is -2.09. The first-order valence-electron chi connectivity index (χ1n) is 5.23. The van der Waals surface area contributed by atoms with E-state index in [0.29, 0.717) is 5.76 Å². The maximum atomic E-state index is 10.8. The van der Waals surface area contributed by atoms with E-state index in [9.17, 15) is 4.79 Å². The van der Waals surface area contributed by atoms with Crippen LogP contribution in [0.5, 0.6) is 5.75 Å².